The Morgan fingerprint density at radius 1 is 1.20 bits per heavy atom. The number of rotatable bonds is 9. The zero-order valence-electron chi connectivity index (χ0n) is 12.2. The molecule has 0 bridgehead atoms. The molecule has 112 valence electrons. The molecular formula is C15H24N2O3. The van der Waals surface area contributed by atoms with Crippen LogP contribution in [0.4, 0.5) is 5.69 Å². The van der Waals surface area contributed by atoms with E-state index in [0.29, 0.717) is 32.8 Å². The van der Waals surface area contributed by atoms with Crippen LogP contribution in [0.3, 0.4) is 0 Å². The largest absolute Gasteiger partial charge is 0.379 e. The van der Waals surface area contributed by atoms with Crippen molar-refractivity contribution in [3.8, 4) is 0 Å². The monoisotopic (exact) mass is 280 g/mol. The van der Waals surface area contributed by atoms with Gasteiger partial charge in [-0.2, -0.15) is 0 Å². The molecule has 0 heterocycles. The van der Waals surface area contributed by atoms with Gasteiger partial charge in [0.25, 0.3) is 0 Å². The van der Waals surface area contributed by atoms with Gasteiger partial charge in [0.1, 0.15) is 0 Å². The molecule has 0 unspecified atom stereocenters. The van der Waals surface area contributed by atoms with Gasteiger partial charge in [0.05, 0.1) is 32.3 Å². The molecule has 0 saturated carbocycles. The van der Waals surface area contributed by atoms with Gasteiger partial charge in [0, 0.05) is 12.2 Å². The van der Waals surface area contributed by atoms with Crippen molar-refractivity contribution >= 4 is 11.6 Å². The van der Waals surface area contributed by atoms with Gasteiger partial charge < -0.3 is 20.5 Å². The molecule has 0 atom stereocenters. The molecule has 1 rings (SSSR count). The van der Waals surface area contributed by atoms with E-state index in [2.05, 4.69) is 5.32 Å². The third kappa shape index (κ3) is 7.23. The smallest absolute Gasteiger partial charge is 0.226 e. The maximum absolute atomic E-state index is 11.7. The van der Waals surface area contributed by atoms with E-state index in [1.54, 1.807) is 0 Å². The number of ether oxygens (including phenoxy) is 2. The predicted octanol–water partition coefficient (Wildman–Crippen LogP) is 1.92. The first kappa shape index (κ1) is 16.6. The third-order valence-corrected chi connectivity index (χ3v) is 2.63. The Bertz CT molecular complexity index is 391. The number of nitrogens with one attached hydrogen (secondary N) is 1. The van der Waals surface area contributed by atoms with Gasteiger partial charge >= 0.3 is 0 Å². The number of nitrogens with two attached hydrogens (primary N) is 1. The highest BCUT2D eigenvalue weighted by molar-refractivity contribution is 5.90. The first-order chi connectivity index (χ1) is 9.61. The molecule has 5 heteroatoms. The number of hydrogen-bond acceptors (Lipinski definition) is 4. The lowest BCUT2D eigenvalue weighted by Crippen LogP contribution is -2.16. The van der Waals surface area contributed by atoms with Crippen LogP contribution in [0.15, 0.2) is 24.3 Å². The van der Waals surface area contributed by atoms with Crippen LogP contribution in [-0.4, -0.2) is 31.8 Å². The van der Waals surface area contributed by atoms with Gasteiger partial charge in [-0.25, -0.2) is 0 Å². The summed E-state index contributed by atoms with van der Waals surface area (Å²) in [6, 6.07) is 7.49. The average Bonchev–Trinajstić information content (AvgIpc) is 2.43. The fourth-order valence-electron chi connectivity index (χ4n) is 1.56. The van der Waals surface area contributed by atoms with Crippen LogP contribution in [0, 0.1) is 0 Å². The number of carbonyl (C=O) groups is 1. The fraction of sp³-hybridized carbons (Fsp3) is 0.533. The zero-order valence-corrected chi connectivity index (χ0v) is 12.2. The Labute approximate surface area is 120 Å². The van der Waals surface area contributed by atoms with Crippen molar-refractivity contribution in [3.63, 3.8) is 0 Å². The zero-order chi connectivity index (χ0) is 14.8. The van der Waals surface area contributed by atoms with E-state index in [1.807, 2.05) is 38.1 Å². The second-order valence-electron chi connectivity index (χ2n) is 4.73. The molecule has 0 radical (unpaired) electrons. The van der Waals surface area contributed by atoms with Crippen LogP contribution in [0.1, 0.15) is 25.8 Å². The minimum absolute atomic E-state index is 0.0599. The molecule has 0 aromatic heterocycles. The van der Waals surface area contributed by atoms with Crippen LogP contribution < -0.4 is 11.1 Å². The molecule has 0 aliphatic carbocycles. The van der Waals surface area contributed by atoms with Gasteiger partial charge in [-0.1, -0.05) is 12.1 Å². The second kappa shape index (κ2) is 9.47. The van der Waals surface area contributed by atoms with Gasteiger partial charge in [0.2, 0.25) is 5.91 Å². The minimum Gasteiger partial charge on any atom is -0.379 e. The molecule has 1 amide bonds. The molecule has 0 saturated heterocycles. The Kier molecular flexibility index (Phi) is 7.87. The van der Waals surface area contributed by atoms with Crippen molar-refractivity contribution in [1.82, 2.24) is 0 Å². The highest BCUT2D eigenvalue weighted by Crippen LogP contribution is 2.09. The average molecular weight is 280 g/mol. The summed E-state index contributed by atoms with van der Waals surface area (Å²) >= 11 is 0. The van der Waals surface area contributed by atoms with Gasteiger partial charge in [-0.15, -0.1) is 0 Å². The fourth-order valence-corrected chi connectivity index (χ4v) is 1.56. The van der Waals surface area contributed by atoms with Crippen LogP contribution in [0.2, 0.25) is 0 Å². The van der Waals surface area contributed by atoms with E-state index >= 15 is 0 Å². The highest BCUT2D eigenvalue weighted by Gasteiger charge is 2.02. The number of benzene rings is 1. The minimum atomic E-state index is -0.0599. The molecule has 5 nitrogen and oxygen atoms in total. The first-order valence-electron chi connectivity index (χ1n) is 6.90. The van der Waals surface area contributed by atoms with Crippen molar-refractivity contribution in [2.24, 2.45) is 5.73 Å². The van der Waals surface area contributed by atoms with Crippen molar-refractivity contribution < 1.29 is 14.3 Å². The van der Waals surface area contributed by atoms with Crippen molar-refractivity contribution in [2.75, 3.05) is 25.1 Å². The molecule has 0 aliphatic heterocycles. The summed E-state index contributed by atoms with van der Waals surface area (Å²) in [6.45, 7) is 5.91. The Morgan fingerprint density at radius 3 is 2.50 bits per heavy atom. The van der Waals surface area contributed by atoms with E-state index in [-0.39, 0.29) is 12.0 Å². The van der Waals surface area contributed by atoms with E-state index in [0.717, 1.165) is 11.3 Å². The second-order valence-corrected chi connectivity index (χ2v) is 4.73. The Balaban J connectivity index is 2.13. The van der Waals surface area contributed by atoms with Crippen molar-refractivity contribution in [3.05, 3.63) is 29.8 Å². The summed E-state index contributed by atoms with van der Waals surface area (Å²) in [5.74, 6) is -0.0599. The Morgan fingerprint density at radius 2 is 1.90 bits per heavy atom. The molecule has 0 aliphatic rings. The topological polar surface area (TPSA) is 73.6 Å². The molecule has 1 aromatic carbocycles. The van der Waals surface area contributed by atoms with Gasteiger partial charge in [-0.05, 0) is 31.5 Å². The number of carbonyl (C=O) groups excluding carboxylic acids is 1. The SMILES string of the molecule is CC(C)OCCOCCC(=O)Nc1ccc(CN)cc1. The van der Waals surface area contributed by atoms with Gasteiger partial charge in [-0.3, -0.25) is 4.79 Å². The molecule has 3 N–H and O–H groups in total. The Hall–Kier alpha value is -1.43. The molecular weight excluding hydrogens is 256 g/mol. The van der Waals surface area contributed by atoms with E-state index in [4.69, 9.17) is 15.2 Å². The molecule has 0 spiro atoms. The van der Waals surface area contributed by atoms with Crippen LogP contribution in [-0.2, 0) is 20.8 Å². The van der Waals surface area contributed by atoms with Crippen LogP contribution in [0.5, 0.6) is 0 Å². The van der Waals surface area contributed by atoms with Crippen molar-refractivity contribution in [2.45, 2.75) is 32.9 Å². The molecule has 20 heavy (non-hydrogen) atoms. The predicted molar refractivity (Wildman–Crippen MR) is 79.5 cm³/mol. The summed E-state index contributed by atoms with van der Waals surface area (Å²) in [7, 11) is 0. The van der Waals surface area contributed by atoms with E-state index < -0.39 is 0 Å². The number of hydrogen-bond donors (Lipinski definition) is 2. The number of amides is 1. The maximum atomic E-state index is 11.7. The maximum Gasteiger partial charge on any atom is 0.226 e. The van der Waals surface area contributed by atoms with Crippen LogP contribution >= 0.6 is 0 Å². The molecule has 0 fully saturated rings. The van der Waals surface area contributed by atoms with E-state index in [1.165, 1.54) is 0 Å². The quantitative estimate of drug-likeness (QED) is 0.678. The normalized spacial score (nSPS) is 10.8. The lowest BCUT2D eigenvalue weighted by Gasteiger charge is -2.08. The van der Waals surface area contributed by atoms with Crippen LogP contribution in [0.25, 0.3) is 0 Å². The van der Waals surface area contributed by atoms with E-state index in [9.17, 15) is 4.79 Å². The van der Waals surface area contributed by atoms with Gasteiger partial charge in [0.15, 0.2) is 0 Å². The summed E-state index contributed by atoms with van der Waals surface area (Å²) in [5, 5.41) is 2.81. The highest BCUT2D eigenvalue weighted by atomic mass is 16.5. The third-order valence-electron chi connectivity index (χ3n) is 2.63. The lowest BCUT2D eigenvalue weighted by molar-refractivity contribution is -0.117. The summed E-state index contributed by atoms with van der Waals surface area (Å²) < 4.78 is 10.7. The summed E-state index contributed by atoms with van der Waals surface area (Å²) in [6.07, 6.45) is 0.540. The lowest BCUT2D eigenvalue weighted by atomic mass is 10.2. The standard InChI is InChI=1S/C15H24N2O3/c1-12(2)20-10-9-19-8-7-15(18)17-14-5-3-13(11-16)4-6-14/h3-6,12H,7-11,16H2,1-2H3,(H,17,18). The summed E-state index contributed by atoms with van der Waals surface area (Å²) in [5.41, 5.74) is 7.32. The number of anilines is 1. The molecule has 1 aromatic rings. The van der Waals surface area contributed by atoms with Crippen molar-refractivity contribution in [1.29, 1.82) is 0 Å². The summed E-state index contributed by atoms with van der Waals surface area (Å²) in [4.78, 5) is 11.7. The first-order valence-corrected chi connectivity index (χ1v) is 6.90.